The first-order chi connectivity index (χ1) is 20.7. The van der Waals surface area contributed by atoms with Crippen LogP contribution < -0.4 is 10.1 Å². The molecular weight excluding hydrogens is 636 g/mol. The van der Waals surface area contributed by atoms with E-state index < -0.39 is 83.5 Å². The number of aliphatic hydroxyl groups excluding tert-OH is 4. The maximum Gasteiger partial charge on any atom is 0.481 e. The average molecular weight is 664 g/mol. The van der Waals surface area contributed by atoms with Gasteiger partial charge in [-0.2, -0.15) is 8.88 Å². The maximum atomic E-state index is 12.4. The molecule has 10 atom stereocenters. The topological polar surface area (TPSA) is 286 Å². The van der Waals surface area contributed by atoms with E-state index in [9.17, 15) is 48.9 Å². The zero-order valence-corrected chi connectivity index (χ0v) is 24.3. The van der Waals surface area contributed by atoms with Crippen LogP contribution in [0.4, 0.5) is 0 Å². The van der Waals surface area contributed by atoms with Crippen molar-refractivity contribution in [1.29, 1.82) is 0 Å². The van der Waals surface area contributed by atoms with Crippen LogP contribution in [0.3, 0.4) is 0 Å². The van der Waals surface area contributed by atoms with Crippen LogP contribution in [-0.2, 0) is 32.0 Å². The third-order valence-corrected chi connectivity index (χ3v) is 9.45. The summed E-state index contributed by atoms with van der Waals surface area (Å²) >= 11 is 0. The summed E-state index contributed by atoms with van der Waals surface area (Å²) in [6.07, 6.45) is -6.88. The van der Waals surface area contributed by atoms with Gasteiger partial charge >= 0.3 is 15.6 Å². The third kappa shape index (κ3) is 6.73. The highest BCUT2D eigenvalue weighted by atomic mass is 31.3. The summed E-state index contributed by atoms with van der Waals surface area (Å²) in [5.74, 6) is -0.270. The number of rotatable bonds is 11. The molecule has 0 radical (unpaired) electrons. The summed E-state index contributed by atoms with van der Waals surface area (Å²) in [6.45, 7) is -0.477. The Balaban J connectivity index is 1.16. The fourth-order valence-corrected chi connectivity index (χ4v) is 6.72. The molecule has 44 heavy (non-hydrogen) atoms. The smallest absolute Gasteiger partial charge is 0.387 e. The van der Waals surface area contributed by atoms with E-state index in [0.717, 1.165) is 17.2 Å². The molecule has 0 spiro atoms. The van der Waals surface area contributed by atoms with Gasteiger partial charge in [-0.15, -0.1) is 0 Å². The van der Waals surface area contributed by atoms with Crippen LogP contribution in [-0.4, -0.2) is 105 Å². The number of aromatic nitrogens is 5. The molecule has 3 aromatic heterocycles. The first-order valence-electron chi connectivity index (χ1n) is 12.8. The molecule has 0 amide bonds. The lowest BCUT2D eigenvalue weighted by molar-refractivity contribution is -0.765. The summed E-state index contributed by atoms with van der Waals surface area (Å²) in [5.41, 5.74) is -0.349. The number of hydrogen-bond donors (Lipinski definition) is 7. The van der Waals surface area contributed by atoms with Crippen LogP contribution in [0.1, 0.15) is 29.7 Å². The number of aromatic amines is 1. The highest BCUT2D eigenvalue weighted by molar-refractivity contribution is 7.61. The Bertz CT molecular complexity index is 1680. The van der Waals surface area contributed by atoms with Crippen molar-refractivity contribution < 1.29 is 71.5 Å². The number of pyridine rings is 1. The second-order valence-electron chi connectivity index (χ2n) is 9.85. The number of ether oxygens (including phenoxy) is 2. The molecule has 0 aliphatic carbocycles. The molecule has 5 heterocycles. The van der Waals surface area contributed by atoms with Gasteiger partial charge < -0.3 is 44.7 Å². The van der Waals surface area contributed by atoms with Crippen molar-refractivity contribution in [3.05, 3.63) is 53.1 Å². The number of carbonyl (C=O) groups excluding carboxylic acids is 1. The number of hydrogen-bond acceptors (Lipinski definition) is 15. The van der Waals surface area contributed by atoms with E-state index in [1.807, 2.05) is 0 Å². The molecule has 20 nitrogen and oxygen atoms in total. The van der Waals surface area contributed by atoms with Gasteiger partial charge in [-0.05, 0) is 13.0 Å². The molecule has 0 aromatic carbocycles. The van der Waals surface area contributed by atoms with Gasteiger partial charge in [-0.25, -0.2) is 19.1 Å². The Morgan fingerprint density at radius 1 is 1.02 bits per heavy atom. The molecule has 2 saturated heterocycles. The van der Waals surface area contributed by atoms with Crippen LogP contribution in [0.25, 0.3) is 11.2 Å². The van der Waals surface area contributed by atoms with Crippen LogP contribution in [0, 0.1) is 0 Å². The Labute approximate surface area is 246 Å². The number of H-pyrrole nitrogens is 1. The van der Waals surface area contributed by atoms with Crippen molar-refractivity contribution in [2.75, 3.05) is 13.2 Å². The quantitative estimate of drug-likeness (QED) is 0.0650. The fraction of sp³-hybridized carbons (Fsp3) is 0.500. The van der Waals surface area contributed by atoms with Gasteiger partial charge in [0.1, 0.15) is 30.5 Å². The summed E-state index contributed by atoms with van der Waals surface area (Å²) in [6, 6.07) is 3.03. The minimum absolute atomic E-state index is 0.0134. The van der Waals surface area contributed by atoms with E-state index in [-0.39, 0.29) is 22.5 Å². The number of nitrogens with zero attached hydrogens (tertiary/aromatic N) is 4. The number of fused-ring (bicyclic) bond motifs is 1. The molecule has 22 heteroatoms. The Morgan fingerprint density at radius 2 is 1.66 bits per heavy atom. The molecular formula is C22H28N5O15P2+. The number of phosphoric ester groups is 2. The monoisotopic (exact) mass is 664 g/mol. The van der Waals surface area contributed by atoms with E-state index in [1.54, 1.807) is 0 Å². The Hall–Kier alpha value is -2.81. The molecule has 0 saturated carbocycles. The van der Waals surface area contributed by atoms with Gasteiger partial charge in [0.25, 0.3) is 11.8 Å². The first kappa shape index (κ1) is 32.6. The first-order valence-corrected chi connectivity index (χ1v) is 15.8. The van der Waals surface area contributed by atoms with Gasteiger partial charge in [-0.3, -0.25) is 23.2 Å². The number of Topliss-reactive ketones (excluding diaryl/α,β-unsaturated/α-hetero) is 1. The molecule has 2 aliphatic heterocycles. The van der Waals surface area contributed by atoms with E-state index in [0.29, 0.717) is 0 Å². The second-order valence-corrected chi connectivity index (χ2v) is 12.9. The lowest BCUT2D eigenvalue weighted by Gasteiger charge is -2.20. The summed E-state index contributed by atoms with van der Waals surface area (Å²) in [4.78, 5) is 53.7. The summed E-state index contributed by atoms with van der Waals surface area (Å²) in [5, 5.41) is 41.6. The number of phosphoric acid groups is 2. The normalized spacial score (nSPS) is 31.6. The molecule has 7 N–H and O–H groups in total. The number of nitrogens with one attached hydrogen (secondary N) is 1. The van der Waals surface area contributed by atoms with E-state index >= 15 is 0 Å². The van der Waals surface area contributed by atoms with Gasteiger partial charge in [0, 0.05) is 6.07 Å². The van der Waals surface area contributed by atoms with Crippen molar-refractivity contribution in [2.45, 2.75) is 56.0 Å². The number of carbonyl (C=O) groups is 1. The van der Waals surface area contributed by atoms with Crippen molar-refractivity contribution in [2.24, 2.45) is 0 Å². The molecule has 240 valence electrons. The predicted molar refractivity (Wildman–Crippen MR) is 139 cm³/mol. The van der Waals surface area contributed by atoms with E-state index in [4.69, 9.17) is 14.0 Å². The summed E-state index contributed by atoms with van der Waals surface area (Å²) in [7, 11) is -10.7. The molecule has 2 unspecified atom stereocenters. The largest absolute Gasteiger partial charge is 0.481 e. The van der Waals surface area contributed by atoms with Crippen molar-refractivity contribution in [1.82, 2.24) is 19.5 Å². The lowest BCUT2D eigenvalue weighted by Crippen LogP contribution is -2.46. The molecule has 5 rings (SSSR count). The highest BCUT2D eigenvalue weighted by Crippen LogP contribution is 2.60. The highest BCUT2D eigenvalue weighted by Gasteiger charge is 2.50. The van der Waals surface area contributed by atoms with Gasteiger partial charge in [0.15, 0.2) is 41.7 Å². The van der Waals surface area contributed by atoms with Crippen LogP contribution >= 0.6 is 15.6 Å². The predicted octanol–water partition coefficient (Wildman–Crippen LogP) is -2.20. The van der Waals surface area contributed by atoms with Gasteiger partial charge in [0.2, 0.25) is 0 Å². The second kappa shape index (κ2) is 12.5. The van der Waals surface area contributed by atoms with Crippen LogP contribution in [0.15, 0.2) is 42.0 Å². The van der Waals surface area contributed by atoms with Crippen molar-refractivity contribution >= 4 is 32.6 Å². The molecule has 3 aromatic rings. The number of aliphatic hydroxyl groups is 4. The van der Waals surface area contributed by atoms with Crippen LogP contribution in [0.2, 0.25) is 0 Å². The maximum absolute atomic E-state index is 12.4. The zero-order valence-electron chi connectivity index (χ0n) is 22.5. The zero-order chi connectivity index (χ0) is 32.0. The Morgan fingerprint density at radius 3 is 2.32 bits per heavy atom. The van der Waals surface area contributed by atoms with Gasteiger partial charge in [-0.1, -0.05) is 0 Å². The number of imidazole rings is 1. The minimum atomic E-state index is -5.38. The standard InChI is InChI=1S/C22H27N5O15P2/c1-10(28)11-3-2-4-26(5-11)21-17(31)15(29)12(40-21)6-38-43(34,35)42-44(36,37)39-7-13-16(30)18(32)22(41-13)27-9-25-14-19(27)23-8-24-20(14)33/h2-5,8-9,12-13,15-18,21-22,29-32H,6-7H2,1H3,(H2-,23,24,33,34,35,36,37)/p+1/t12-,13-,15-,16-,17-,18-,21-,22-/m1/s1. The molecule has 2 aliphatic rings. The van der Waals surface area contributed by atoms with E-state index in [2.05, 4.69) is 23.8 Å². The lowest BCUT2D eigenvalue weighted by atomic mass is 10.1. The minimum Gasteiger partial charge on any atom is -0.387 e. The molecule has 0 bridgehead atoms. The SMILES string of the molecule is CC(=O)c1ccc[n+]([C@@H]2O[C@H](COP(=O)(O)OP(=O)(O)OC[C@H]3O[C@@H](n4cnc5c(=O)[nH]cnc54)[C@H](O)[C@@H]3O)[C@@H](O)[C@H]2O)c1. The van der Waals surface area contributed by atoms with Crippen molar-refractivity contribution in [3.63, 3.8) is 0 Å². The Kier molecular flexibility index (Phi) is 9.28. The fourth-order valence-electron chi connectivity index (χ4n) is 4.63. The summed E-state index contributed by atoms with van der Waals surface area (Å²) < 4.78 is 52.0. The van der Waals surface area contributed by atoms with Crippen LogP contribution in [0.5, 0.6) is 0 Å². The molecule has 2 fully saturated rings. The van der Waals surface area contributed by atoms with Gasteiger partial charge in [0.05, 0.1) is 31.4 Å². The third-order valence-electron chi connectivity index (χ3n) is 6.85. The number of ketones is 1. The van der Waals surface area contributed by atoms with E-state index in [1.165, 1.54) is 36.0 Å². The average Bonchev–Trinajstić information content (AvgIpc) is 3.61. The van der Waals surface area contributed by atoms with Crippen molar-refractivity contribution in [3.8, 4) is 0 Å².